The molecule has 0 spiro atoms. The number of fused-ring (bicyclic) bond motifs is 1. The summed E-state index contributed by atoms with van der Waals surface area (Å²) in [6.45, 7) is 1.04. The fourth-order valence-electron chi connectivity index (χ4n) is 2.58. The molecule has 0 saturated carbocycles. The molecule has 0 bridgehead atoms. The number of amides is 1. The molecule has 0 fully saturated rings. The van der Waals surface area contributed by atoms with Crippen LogP contribution < -0.4 is 5.32 Å². The number of thiophene rings is 1. The van der Waals surface area contributed by atoms with Gasteiger partial charge in [0.25, 0.3) is 0 Å². The van der Waals surface area contributed by atoms with E-state index in [1.54, 1.807) is 24.3 Å². The van der Waals surface area contributed by atoms with Crippen molar-refractivity contribution >= 4 is 72.5 Å². The van der Waals surface area contributed by atoms with E-state index in [0.29, 0.717) is 16.1 Å². The molecule has 1 amide bonds. The van der Waals surface area contributed by atoms with Crippen LogP contribution in [-0.2, 0) is 9.53 Å². The number of esters is 1. The second-order valence-corrected chi connectivity index (χ2v) is 8.62. The van der Waals surface area contributed by atoms with Gasteiger partial charge in [-0.15, -0.1) is 23.1 Å². The van der Waals surface area contributed by atoms with Crippen LogP contribution in [0.1, 0.15) is 27.0 Å². The van der Waals surface area contributed by atoms with Crippen LogP contribution in [0.5, 0.6) is 0 Å². The Balaban J connectivity index is 1.71. The SMILES string of the molecule is CSc1ccc(C(=O)COC(=O)c2cc3cccc(Br)c3s2)cc1NC(C)=O. The molecule has 0 radical (unpaired) electrons. The fourth-order valence-corrected chi connectivity index (χ4v) is 4.70. The molecule has 0 saturated heterocycles. The van der Waals surface area contributed by atoms with Gasteiger partial charge in [0, 0.05) is 26.6 Å². The summed E-state index contributed by atoms with van der Waals surface area (Å²) in [6.07, 6.45) is 1.88. The minimum Gasteiger partial charge on any atom is -0.453 e. The number of nitrogens with one attached hydrogen (secondary N) is 1. The van der Waals surface area contributed by atoms with Gasteiger partial charge in [-0.05, 0) is 51.8 Å². The number of halogens is 1. The van der Waals surface area contributed by atoms with E-state index in [0.717, 1.165) is 19.5 Å². The maximum absolute atomic E-state index is 12.4. The zero-order chi connectivity index (χ0) is 20.3. The van der Waals surface area contributed by atoms with Crippen LogP contribution in [0.25, 0.3) is 10.1 Å². The van der Waals surface area contributed by atoms with E-state index >= 15 is 0 Å². The van der Waals surface area contributed by atoms with Crippen molar-refractivity contribution in [3.8, 4) is 0 Å². The molecule has 1 heterocycles. The topological polar surface area (TPSA) is 72.5 Å². The molecule has 0 unspecified atom stereocenters. The molecule has 0 aliphatic carbocycles. The highest BCUT2D eigenvalue weighted by molar-refractivity contribution is 9.10. The number of ether oxygens (including phenoxy) is 1. The molecule has 1 N–H and O–H groups in total. The Kier molecular flexibility index (Phi) is 6.53. The van der Waals surface area contributed by atoms with Crippen molar-refractivity contribution in [3.63, 3.8) is 0 Å². The van der Waals surface area contributed by atoms with E-state index in [-0.39, 0.29) is 18.3 Å². The minimum absolute atomic E-state index is 0.220. The van der Waals surface area contributed by atoms with Gasteiger partial charge in [0.1, 0.15) is 4.88 Å². The van der Waals surface area contributed by atoms with Gasteiger partial charge in [-0.25, -0.2) is 4.79 Å². The standard InChI is InChI=1S/C20H16BrNO4S2/c1-11(23)22-15-8-12(6-7-17(15)27-2)16(24)10-26-20(25)18-9-13-4-3-5-14(21)19(13)28-18/h3-9H,10H2,1-2H3,(H,22,23). The first-order valence-electron chi connectivity index (χ1n) is 8.23. The number of benzene rings is 2. The predicted octanol–water partition coefficient (Wildman–Crippen LogP) is 5.38. The molecule has 5 nitrogen and oxygen atoms in total. The predicted molar refractivity (Wildman–Crippen MR) is 117 cm³/mol. The van der Waals surface area contributed by atoms with Gasteiger partial charge >= 0.3 is 5.97 Å². The van der Waals surface area contributed by atoms with Crippen molar-refractivity contribution in [1.29, 1.82) is 0 Å². The Bertz CT molecular complexity index is 1080. The Morgan fingerprint density at radius 3 is 2.64 bits per heavy atom. The number of thioether (sulfide) groups is 1. The lowest BCUT2D eigenvalue weighted by molar-refractivity contribution is -0.114. The summed E-state index contributed by atoms with van der Waals surface area (Å²) in [5, 5.41) is 3.64. The highest BCUT2D eigenvalue weighted by Gasteiger charge is 2.16. The molecule has 3 rings (SSSR count). The Morgan fingerprint density at radius 1 is 1.18 bits per heavy atom. The van der Waals surface area contributed by atoms with Crippen LogP contribution in [0.2, 0.25) is 0 Å². The maximum atomic E-state index is 12.4. The highest BCUT2D eigenvalue weighted by atomic mass is 79.9. The van der Waals surface area contributed by atoms with Crippen LogP contribution in [-0.4, -0.2) is 30.5 Å². The first kappa shape index (κ1) is 20.6. The smallest absolute Gasteiger partial charge is 0.348 e. The lowest BCUT2D eigenvalue weighted by Gasteiger charge is -2.10. The molecule has 0 aliphatic rings. The molecule has 8 heteroatoms. The van der Waals surface area contributed by atoms with Gasteiger partial charge in [-0.2, -0.15) is 0 Å². The quantitative estimate of drug-likeness (QED) is 0.293. The van der Waals surface area contributed by atoms with Gasteiger partial charge in [0.15, 0.2) is 12.4 Å². The zero-order valence-corrected chi connectivity index (χ0v) is 18.3. The number of rotatable bonds is 6. The number of carbonyl (C=O) groups is 3. The number of Topliss-reactive ketones (excluding diaryl/α,β-unsaturated/α-hetero) is 1. The first-order chi connectivity index (χ1) is 13.4. The molecule has 0 aliphatic heterocycles. The summed E-state index contributed by atoms with van der Waals surface area (Å²) in [5.74, 6) is -1.10. The Labute approximate surface area is 178 Å². The molecule has 2 aromatic carbocycles. The van der Waals surface area contributed by atoms with Crippen LogP contribution in [0.3, 0.4) is 0 Å². The van der Waals surface area contributed by atoms with Crippen LogP contribution in [0.15, 0.2) is 51.8 Å². The second-order valence-electron chi connectivity index (χ2n) is 5.86. The molecule has 3 aromatic rings. The van der Waals surface area contributed by atoms with Gasteiger partial charge in [0.05, 0.1) is 5.69 Å². The van der Waals surface area contributed by atoms with Crippen molar-refractivity contribution in [2.24, 2.45) is 0 Å². The maximum Gasteiger partial charge on any atom is 0.348 e. The number of ketones is 1. The summed E-state index contributed by atoms with van der Waals surface area (Å²) >= 11 is 6.23. The number of carbonyl (C=O) groups excluding carboxylic acids is 3. The third kappa shape index (κ3) is 4.63. The average Bonchev–Trinajstić information content (AvgIpc) is 3.11. The van der Waals surface area contributed by atoms with E-state index in [9.17, 15) is 14.4 Å². The molecule has 1 aromatic heterocycles. The van der Waals surface area contributed by atoms with Crippen molar-refractivity contribution in [2.45, 2.75) is 11.8 Å². The number of anilines is 1. The van der Waals surface area contributed by atoms with Crippen LogP contribution >= 0.6 is 39.0 Å². The summed E-state index contributed by atoms with van der Waals surface area (Å²) < 4.78 is 7.06. The number of hydrogen-bond donors (Lipinski definition) is 1. The van der Waals surface area contributed by atoms with Gasteiger partial charge in [-0.3, -0.25) is 9.59 Å². The van der Waals surface area contributed by atoms with E-state index in [1.165, 1.54) is 30.0 Å². The average molecular weight is 478 g/mol. The van der Waals surface area contributed by atoms with Crippen molar-refractivity contribution < 1.29 is 19.1 Å². The molecule has 28 heavy (non-hydrogen) atoms. The first-order valence-corrected chi connectivity index (χ1v) is 11.1. The van der Waals surface area contributed by atoms with E-state index in [4.69, 9.17) is 4.74 Å². The van der Waals surface area contributed by atoms with Crippen molar-refractivity contribution in [3.05, 3.63) is 57.4 Å². The van der Waals surface area contributed by atoms with Crippen LogP contribution in [0, 0.1) is 0 Å². The monoisotopic (exact) mass is 477 g/mol. The van der Waals surface area contributed by atoms with Gasteiger partial charge < -0.3 is 10.1 Å². The van der Waals surface area contributed by atoms with Gasteiger partial charge in [0.2, 0.25) is 5.91 Å². The van der Waals surface area contributed by atoms with Crippen LogP contribution in [0.4, 0.5) is 5.69 Å². The van der Waals surface area contributed by atoms with E-state index in [2.05, 4.69) is 21.2 Å². The normalized spacial score (nSPS) is 10.7. The lowest BCUT2D eigenvalue weighted by atomic mass is 10.1. The highest BCUT2D eigenvalue weighted by Crippen LogP contribution is 2.32. The van der Waals surface area contributed by atoms with E-state index in [1.807, 2.05) is 24.5 Å². The summed E-state index contributed by atoms with van der Waals surface area (Å²) in [5.41, 5.74) is 0.931. The van der Waals surface area contributed by atoms with Crippen molar-refractivity contribution in [1.82, 2.24) is 0 Å². The largest absolute Gasteiger partial charge is 0.453 e. The molecular formula is C20H16BrNO4S2. The summed E-state index contributed by atoms with van der Waals surface area (Å²) in [7, 11) is 0. The number of hydrogen-bond acceptors (Lipinski definition) is 6. The molecular weight excluding hydrogens is 462 g/mol. The zero-order valence-electron chi connectivity index (χ0n) is 15.1. The Morgan fingerprint density at radius 2 is 1.96 bits per heavy atom. The third-order valence-electron chi connectivity index (χ3n) is 3.86. The Hall–Kier alpha value is -2.16. The third-order valence-corrected chi connectivity index (χ3v) is 6.75. The van der Waals surface area contributed by atoms with Gasteiger partial charge in [-0.1, -0.05) is 18.2 Å². The lowest BCUT2D eigenvalue weighted by Crippen LogP contribution is -2.14. The van der Waals surface area contributed by atoms with E-state index < -0.39 is 5.97 Å². The fraction of sp³-hybridized carbons (Fsp3) is 0.150. The molecule has 0 atom stereocenters. The van der Waals surface area contributed by atoms with Crippen molar-refractivity contribution in [2.75, 3.05) is 18.2 Å². The second kappa shape index (κ2) is 8.89. The summed E-state index contributed by atoms with van der Waals surface area (Å²) in [4.78, 5) is 37.4. The molecule has 144 valence electrons. The minimum atomic E-state index is -0.538. The summed E-state index contributed by atoms with van der Waals surface area (Å²) in [6, 6.07) is 12.5.